The fraction of sp³-hybridized carbons (Fsp3) is 0.0909. The summed E-state index contributed by atoms with van der Waals surface area (Å²) in [5, 5.41) is 9.19. The van der Waals surface area contributed by atoms with E-state index in [0.29, 0.717) is 5.57 Å². The maximum atomic E-state index is 11.2. The number of amides is 2. The van der Waals surface area contributed by atoms with E-state index in [4.69, 9.17) is 5.11 Å². The molecule has 1 heterocycles. The third-order valence-electron chi connectivity index (χ3n) is 1.84. The first-order chi connectivity index (χ1) is 7.27. The Labute approximate surface area is 87.2 Å². The Morgan fingerprint density at radius 3 is 2.13 bits per heavy atom. The zero-order valence-electron chi connectivity index (χ0n) is 8.23. The highest BCUT2D eigenvalue weighted by Crippen LogP contribution is 2.16. The summed E-state index contributed by atoms with van der Waals surface area (Å²) >= 11 is 0. The first-order valence-electron chi connectivity index (χ1n) is 4.34. The topological polar surface area (TPSA) is 66.4 Å². The second-order valence-corrected chi connectivity index (χ2v) is 2.74. The van der Waals surface area contributed by atoms with Crippen LogP contribution in [0.1, 0.15) is 5.56 Å². The van der Waals surface area contributed by atoms with Crippen molar-refractivity contribution in [2.24, 2.45) is 0 Å². The van der Waals surface area contributed by atoms with E-state index in [-0.39, 0.29) is 11.8 Å². The highest BCUT2D eigenvalue weighted by Gasteiger charge is 2.21. The number of benzene rings is 1. The number of carbonyl (C=O) groups is 2. The molecule has 1 aromatic rings. The third kappa shape index (κ3) is 2.51. The Balaban J connectivity index is 0.000000531. The first-order valence-corrected chi connectivity index (χ1v) is 4.34. The minimum absolute atomic E-state index is 0.323. The molecule has 15 heavy (non-hydrogen) atoms. The van der Waals surface area contributed by atoms with Gasteiger partial charge in [0.25, 0.3) is 11.8 Å². The molecule has 1 aliphatic rings. The van der Waals surface area contributed by atoms with Crippen molar-refractivity contribution in [3.05, 3.63) is 42.0 Å². The average molecular weight is 205 g/mol. The van der Waals surface area contributed by atoms with Crippen molar-refractivity contribution in [2.45, 2.75) is 0 Å². The molecule has 2 amide bonds. The lowest BCUT2D eigenvalue weighted by Gasteiger charge is -1.97. The number of aliphatic hydroxyl groups is 1. The van der Waals surface area contributed by atoms with Gasteiger partial charge in [0.15, 0.2) is 0 Å². The van der Waals surface area contributed by atoms with Gasteiger partial charge < -0.3 is 5.11 Å². The Hall–Kier alpha value is -1.94. The molecule has 4 nitrogen and oxygen atoms in total. The monoisotopic (exact) mass is 205 g/mol. The summed E-state index contributed by atoms with van der Waals surface area (Å²) in [7, 11) is 1.00. The summed E-state index contributed by atoms with van der Waals surface area (Å²) in [6.07, 6.45) is 1.32. The summed E-state index contributed by atoms with van der Waals surface area (Å²) in [5.74, 6) is -0.667. The van der Waals surface area contributed by atoms with Crippen LogP contribution in [0.15, 0.2) is 36.4 Å². The Morgan fingerprint density at radius 1 is 1.07 bits per heavy atom. The van der Waals surface area contributed by atoms with E-state index in [1.54, 1.807) is 12.1 Å². The lowest BCUT2D eigenvalue weighted by atomic mass is 10.1. The summed E-state index contributed by atoms with van der Waals surface area (Å²) in [6, 6.07) is 9.10. The maximum absolute atomic E-state index is 11.2. The molecule has 0 radical (unpaired) electrons. The number of aliphatic hydroxyl groups excluding tert-OH is 1. The number of imide groups is 1. The minimum atomic E-state index is -0.344. The fourth-order valence-electron chi connectivity index (χ4n) is 1.24. The van der Waals surface area contributed by atoms with Gasteiger partial charge in [0.05, 0.1) is 5.57 Å². The molecule has 0 saturated carbocycles. The van der Waals surface area contributed by atoms with E-state index in [9.17, 15) is 9.59 Å². The van der Waals surface area contributed by atoms with Crippen LogP contribution in [0.2, 0.25) is 0 Å². The highest BCUT2D eigenvalue weighted by molar-refractivity contribution is 6.33. The maximum Gasteiger partial charge on any atom is 0.258 e. The molecule has 1 aliphatic heterocycles. The molecule has 1 aromatic carbocycles. The SMILES string of the molecule is CO.O=C1C=C(c2ccccc2)C(=O)N1. The van der Waals surface area contributed by atoms with Crippen molar-refractivity contribution in [2.75, 3.05) is 7.11 Å². The standard InChI is InChI=1S/C10H7NO2.CH4O/c12-9-6-8(10(13)11-9)7-4-2-1-3-5-7;1-2/h1-6H,(H,11,12,13);2H,1H3. The molecule has 0 aromatic heterocycles. The number of hydrogen-bond donors (Lipinski definition) is 2. The van der Waals surface area contributed by atoms with Crippen LogP contribution in [0, 0.1) is 0 Å². The molecule has 0 unspecified atom stereocenters. The molecule has 2 rings (SSSR count). The van der Waals surface area contributed by atoms with Crippen LogP contribution in [0.4, 0.5) is 0 Å². The molecule has 4 heteroatoms. The first kappa shape index (κ1) is 11.1. The van der Waals surface area contributed by atoms with Crippen LogP contribution in [-0.2, 0) is 9.59 Å². The van der Waals surface area contributed by atoms with Gasteiger partial charge in [0, 0.05) is 13.2 Å². The minimum Gasteiger partial charge on any atom is -0.400 e. The van der Waals surface area contributed by atoms with Gasteiger partial charge in [0.2, 0.25) is 0 Å². The molecule has 0 fully saturated rings. The second-order valence-electron chi connectivity index (χ2n) is 2.74. The summed E-state index contributed by atoms with van der Waals surface area (Å²) in [5.41, 5.74) is 1.21. The third-order valence-corrected chi connectivity index (χ3v) is 1.84. The lowest BCUT2D eigenvalue weighted by Crippen LogP contribution is -2.21. The normalized spacial score (nSPS) is 13.9. The quantitative estimate of drug-likeness (QED) is 0.649. The molecular formula is C11H11NO3. The fourth-order valence-corrected chi connectivity index (χ4v) is 1.24. The van der Waals surface area contributed by atoms with E-state index in [1.165, 1.54) is 6.08 Å². The number of rotatable bonds is 1. The van der Waals surface area contributed by atoms with Crippen LogP contribution in [0.5, 0.6) is 0 Å². The van der Waals surface area contributed by atoms with E-state index in [0.717, 1.165) is 12.7 Å². The predicted octanol–water partition coefficient (Wildman–Crippen LogP) is 0.335. The van der Waals surface area contributed by atoms with Gasteiger partial charge in [0.1, 0.15) is 0 Å². The Morgan fingerprint density at radius 2 is 1.67 bits per heavy atom. The number of carbonyl (C=O) groups excluding carboxylic acids is 2. The van der Waals surface area contributed by atoms with E-state index >= 15 is 0 Å². The smallest absolute Gasteiger partial charge is 0.258 e. The van der Waals surface area contributed by atoms with Crippen molar-refractivity contribution in [3.8, 4) is 0 Å². The van der Waals surface area contributed by atoms with Crippen molar-refractivity contribution in [1.29, 1.82) is 0 Å². The number of nitrogens with one attached hydrogen (secondary N) is 1. The number of hydrogen-bond acceptors (Lipinski definition) is 3. The summed E-state index contributed by atoms with van der Waals surface area (Å²) < 4.78 is 0. The van der Waals surface area contributed by atoms with Gasteiger partial charge in [-0.2, -0.15) is 0 Å². The van der Waals surface area contributed by atoms with Crippen LogP contribution >= 0.6 is 0 Å². The van der Waals surface area contributed by atoms with Crippen molar-refractivity contribution in [1.82, 2.24) is 5.32 Å². The van der Waals surface area contributed by atoms with Crippen LogP contribution < -0.4 is 5.32 Å². The van der Waals surface area contributed by atoms with Gasteiger partial charge >= 0.3 is 0 Å². The molecule has 0 spiro atoms. The van der Waals surface area contributed by atoms with E-state index < -0.39 is 0 Å². The molecule has 0 bridgehead atoms. The Kier molecular flexibility index (Phi) is 3.76. The van der Waals surface area contributed by atoms with Crippen LogP contribution in [0.3, 0.4) is 0 Å². The Bertz CT molecular complexity index is 396. The van der Waals surface area contributed by atoms with Gasteiger partial charge in [-0.1, -0.05) is 30.3 Å². The molecule has 0 atom stereocenters. The van der Waals surface area contributed by atoms with Crippen molar-refractivity contribution >= 4 is 17.4 Å². The van der Waals surface area contributed by atoms with Gasteiger partial charge in [-0.3, -0.25) is 14.9 Å². The summed E-state index contributed by atoms with van der Waals surface area (Å²) in [4.78, 5) is 22.0. The summed E-state index contributed by atoms with van der Waals surface area (Å²) in [6.45, 7) is 0. The lowest BCUT2D eigenvalue weighted by molar-refractivity contribution is -0.123. The molecule has 0 saturated heterocycles. The van der Waals surface area contributed by atoms with E-state index in [2.05, 4.69) is 5.32 Å². The largest absolute Gasteiger partial charge is 0.400 e. The van der Waals surface area contributed by atoms with Gasteiger partial charge in [-0.05, 0) is 5.56 Å². The van der Waals surface area contributed by atoms with Crippen LogP contribution in [-0.4, -0.2) is 24.0 Å². The van der Waals surface area contributed by atoms with Crippen LogP contribution in [0.25, 0.3) is 5.57 Å². The van der Waals surface area contributed by atoms with E-state index in [1.807, 2.05) is 18.2 Å². The molecule has 2 N–H and O–H groups in total. The molecule has 0 aliphatic carbocycles. The van der Waals surface area contributed by atoms with Crippen molar-refractivity contribution < 1.29 is 14.7 Å². The zero-order valence-corrected chi connectivity index (χ0v) is 8.23. The molecule has 78 valence electrons. The second kappa shape index (κ2) is 5.07. The highest BCUT2D eigenvalue weighted by atomic mass is 16.2. The predicted molar refractivity (Wildman–Crippen MR) is 55.7 cm³/mol. The zero-order chi connectivity index (χ0) is 11.3. The molecular weight excluding hydrogens is 194 g/mol. The van der Waals surface area contributed by atoms with Gasteiger partial charge in [-0.25, -0.2) is 0 Å². The van der Waals surface area contributed by atoms with Crippen molar-refractivity contribution in [3.63, 3.8) is 0 Å². The average Bonchev–Trinajstić information content (AvgIpc) is 2.62. The van der Waals surface area contributed by atoms with Gasteiger partial charge in [-0.15, -0.1) is 0 Å².